The Kier molecular flexibility index (Phi) is 1.53. The summed E-state index contributed by atoms with van der Waals surface area (Å²) in [6.45, 7) is 1.43. The first-order chi connectivity index (χ1) is 4.22. The number of hydrogen-bond acceptors (Lipinski definition) is 3. The molecule has 1 rings (SSSR count). The van der Waals surface area contributed by atoms with Crippen molar-refractivity contribution >= 4 is 17.1 Å². The third kappa shape index (κ3) is 1.10. The summed E-state index contributed by atoms with van der Waals surface area (Å²) in [5, 5.41) is 10.7. The summed E-state index contributed by atoms with van der Waals surface area (Å²) in [5.74, 6) is -0.0891. The minimum Gasteiger partial charge on any atom is -0.499 e. The predicted octanol–water partition coefficient (Wildman–Crippen LogP) is 1.66. The van der Waals surface area contributed by atoms with E-state index in [0.29, 0.717) is 5.56 Å². The number of aromatic hydroxyl groups is 1. The molecule has 9 heavy (non-hydrogen) atoms. The molecule has 0 unspecified atom stereocenters. The van der Waals surface area contributed by atoms with Crippen molar-refractivity contribution in [3.63, 3.8) is 0 Å². The van der Waals surface area contributed by atoms with Crippen LogP contribution in [0, 0.1) is 0 Å². The van der Waals surface area contributed by atoms with Crippen LogP contribution in [0.4, 0.5) is 0 Å². The van der Waals surface area contributed by atoms with Crippen LogP contribution in [0.5, 0.6) is 5.06 Å². The van der Waals surface area contributed by atoms with Crippen molar-refractivity contribution in [1.82, 2.24) is 0 Å². The lowest BCUT2D eigenvalue weighted by Gasteiger charge is -1.86. The van der Waals surface area contributed by atoms with E-state index < -0.39 is 0 Å². The number of rotatable bonds is 1. The third-order valence-electron chi connectivity index (χ3n) is 1.02. The number of thiophene rings is 1. The fraction of sp³-hybridized carbons (Fsp3) is 0.167. The van der Waals surface area contributed by atoms with Crippen molar-refractivity contribution < 1.29 is 9.90 Å². The Bertz CT molecular complexity index is 227. The van der Waals surface area contributed by atoms with Gasteiger partial charge in [0.1, 0.15) is 0 Å². The van der Waals surface area contributed by atoms with Gasteiger partial charge in [-0.2, -0.15) is 0 Å². The lowest BCUT2D eigenvalue weighted by Crippen LogP contribution is -1.86. The van der Waals surface area contributed by atoms with Crippen molar-refractivity contribution in [1.29, 1.82) is 0 Å². The van der Waals surface area contributed by atoms with Gasteiger partial charge >= 0.3 is 0 Å². The van der Waals surface area contributed by atoms with Crippen LogP contribution in [0.25, 0.3) is 0 Å². The van der Waals surface area contributed by atoms with Crippen molar-refractivity contribution in [3.8, 4) is 5.06 Å². The highest BCUT2D eigenvalue weighted by Gasteiger charge is 2.05. The summed E-state index contributed by atoms with van der Waals surface area (Å²) >= 11 is 1.17. The van der Waals surface area contributed by atoms with Crippen LogP contribution in [-0.4, -0.2) is 10.9 Å². The molecule has 1 aromatic heterocycles. The van der Waals surface area contributed by atoms with Gasteiger partial charge in [-0.05, 0) is 18.4 Å². The van der Waals surface area contributed by atoms with Gasteiger partial charge < -0.3 is 5.11 Å². The van der Waals surface area contributed by atoms with Crippen LogP contribution in [0.15, 0.2) is 11.4 Å². The Balaban J connectivity index is 3.08. The van der Waals surface area contributed by atoms with E-state index in [0.717, 1.165) is 0 Å². The van der Waals surface area contributed by atoms with Crippen molar-refractivity contribution in [2.24, 2.45) is 0 Å². The van der Waals surface area contributed by atoms with Crippen molar-refractivity contribution in [2.45, 2.75) is 6.92 Å². The Hall–Kier alpha value is -0.830. The molecule has 2 nitrogen and oxygen atoms in total. The summed E-state index contributed by atoms with van der Waals surface area (Å²) in [5.41, 5.74) is 0.417. The molecule has 48 valence electrons. The van der Waals surface area contributed by atoms with Gasteiger partial charge in [0.15, 0.2) is 10.8 Å². The van der Waals surface area contributed by atoms with Gasteiger partial charge in [0.25, 0.3) is 0 Å². The molecule has 0 aliphatic rings. The number of carbonyl (C=O) groups is 1. The molecule has 1 N–H and O–H groups in total. The van der Waals surface area contributed by atoms with Gasteiger partial charge in [-0.25, -0.2) is 0 Å². The van der Waals surface area contributed by atoms with Crippen LogP contribution < -0.4 is 0 Å². The standard InChI is InChI=1S/C6H6O2S/c1-4(7)5-2-3-9-6(5)8/h2-3,8H,1H3. The van der Waals surface area contributed by atoms with Gasteiger partial charge in [0, 0.05) is 0 Å². The summed E-state index contributed by atoms with van der Waals surface area (Å²) in [7, 11) is 0. The normalized spacial score (nSPS) is 9.44. The topological polar surface area (TPSA) is 37.3 Å². The van der Waals surface area contributed by atoms with Gasteiger partial charge in [0.2, 0.25) is 0 Å². The van der Waals surface area contributed by atoms with E-state index >= 15 is 0 Å². The number of carbonyl (C=O) groups excluding carboxylic acids is 1. The zero-order chi connectivity index (χ0) is 6.85. The molecule has 0 atom stereocenters. The van der Waals surface area contributed by atoms with E-state index in [1.165, 1.54) is 18.3 Å². The van der Waals surface area contributed by atoms with E-state index in [-0.39, 0.29) is 10.8 Å². The summed E-state index contributed by atoms with van der Waals surface area (Å²) in [4.78, 5) is 10.6. The molecule has 1 heterocycles. The third-order valence-corrected chi connectivity index (χ3v) is 1.74. The van der Waals surface area contributed by atoms with E-state index in [1.54, 1.807) is 11.4 Å². The predicted molar refractivity (Wildman–Crippen MR) is 36.0 cm³/mol. The zero-order valence-corrected chi connectivity index (χ0v) is 5.73. The smallest absolute Gasteiger partial charge is 0.182 e. The first kappa shape index (κ1) is 6.29. The minimum absolute atomic E-state index is 0.0891. The quantitative estimate of drug-likeness (QED) is 0.605. The molecule has 0 radical (unpaired) electrons. The number of hydrogen-bond donors (Lipinski definition) is 1. The first-order valence-corrected chi connectivity index (χ1v) is 3.37. The maximum atomic E-state index is 10.6. The molecule has 0 spiro atoms. The highest BCUT2D eigenvalue weighted by atomic mass is 32.1. The Morgan fingerprint density at radius 3 is 2.67 bits per heavy atom. The molecule has 0 saturated carbocycles. The van der Waals surface area contributed by atoms with Gasteiger partial charge in [0.05, 0.1) is 5.56 Å². The molecule has 1 aromatic rings. The highest BCUT2D eigenvalue weighted by molar-refractivity contribution is 7.12. The first-order valence-electron chi connectivity index (χ1n) is 2.49. The molecule has 0 aromatic carbocycles. The number of ketones is 1. The van der Waals surface area contributed by atoms with Gasteiger partial charge in [-0.1, -0.05) is 0 Å². The molecular weight excluding hydrogens is 136 g/mol. The van der Waals surface area contributed by atoms with E-state index in [9.17, 15) is 4.79 Å². The molecule has 0 fully saturated rings. The summed E-state index contributed by atoms with van der Waals surface area (Å²) < 4.78 is 0. The SMILES string of the molecule is CC(=O)c1ccsc1O. The van der Waals surface area contributed by atoms with Gasteiger partial charge in [-0.3, -0.25) is 4.79 Å². The lowest BCUT2D eigenvalue weighted by atomic mass is 10.2. The molecule has 3 heteroatoms. The maximum absolute atomic E-state index is 10.6. The number of Topliss-reactive ketones (excluding diaryl/α,β-unsaturated/α-hetero) is 1. The van der Waals surface area contributed by atoms with E-state index in [1.807, 2.05) is 0 Å². The highest BCUT2D eigenvalue weighted by Crippen LogP contribution is 2.23. The average Bonchev–Trinajstić information content (AvgIpc) is 2.13. The van der Waals surface area contributed by atoms with E-state index in [2.05, 4.69) is 0 Å². The second kappa shape index (κ2) is 2.19. The largest absolute Gasteiger partial charge is 0.499 e. The van der Waals surface area contributed by atoms with Crippen LogP contribution in [0.2, 0.25) is 0 Å². The van der Waals surface area contributed by atoms with Crippen LogP contribution in [-0.2, 0) is 0 Å². The second-order valence-electron chi connectivity index (χ2n) is 1.70. The Labute approximate surface area is 56.8 Å². The lowest BCUT2D eigenvalue weighted by molar-refractivity contribution is 0.101. The van der Waals surface area contributed by atoms with E-state index in [4.69, 9.17) is 5.11 Å². The molecule has 0 amide bonds. The molecule has 0 bridgehead atoms. The molecule has 0 aliphatic carbocycles. The maximum Gasteiger partial charge on any atom is 0.182 e. The molecule has 0 aliphatic heterocycles. The minimum atomic E-state index is -0.0891. The second-order valence-corrected chi connectivity index (χ2v) is 2.59. The molecular formula is C6H6O2S. The van der Waals surface area contributed by atoms with Crippen molar-refractivity contribution in [3.05, 3.63) is 17.0 Å². The van der Waals surface area contributed by atoms with Crippen LogP contribution in [0.1, 0.15) is 17.3 Å². The Morgan fingerprint density at radius 2 is 2.44 bits per heavy atom. The molecule has 0 saturated heterocycles. The monoisotopic (exact) mass is 142 g/mol. The van der Waals surface area contributed by atoms with Crippen molar-refractivity contribution in [2.75, 3.05) is 0 Å². The summed E-state index contributed by atoms with van der Waals surface area (Å²) in [6, 6.07) is 1.61. The van der Waals surface area contributed by atoms with Crippen LogP contribution >= 0.6 is 11.3 Å². The van der Waals surface area contributed by atoms with Crippen LogP contribution in [0.3, 0.4) is 0 Å². The fourth-order valence-corrected chi connectivity index (χ4v) is 1.24. The average molecular weight is 142 g/mol. The Morgan fingerprint density at radius 1 is 1.78 bits per heavy atom. The van der Waals surface area contributed by atoms with Gasteiger partial charge in [-0.15, -0.1) is 11.3 Å². The fourth-order valence-electron chi connectivity index (χ4n) is 0.569. The zero-order valence-electron chi connectivity index (χ0n) is 4.92. The summed E-state index contributed by atoms with van der Waals surface area (Å²) in [6.07, 6.45) is 0.